The van der Waals surface area contributed by atoms with Gasteiger partial charge in [0.15, 0.2) is 5.78 Å². The quantitative estimate of drug-likeness (QED) is 0.649. The Hall–Kier alpha value is -0.670. The third-order valence-corrected chi connectivity index (χ3v) is 4.71. The van der Waals surface area contributed by atoms with E-state index in [0.29, 0.717) is 18.4 Å². The molecular weight excluding hydrogens is 326 g/mol. The Morgan fingerprint density at radius 2 is 2.05 bits per heavy atom. The van der Waals surface area contributed by atoms with Crippen molar-refractivity contribution in [3.05, 3.63) is 34.3 Å². The average molecular weight is 352 g/mol. The number of benzene rings is 1. The third-order valence-electron chi connectivity index (χ3n) is 4.21. The highest BCUT2D eigenvalue weighted by Gasteiger charge is 2.23. The molecule has 0 N–H and O–H groups in total. The van der Waals surface area contributed by atoms with E-state index >= 15 is 0 Å². The van der Waals surface area contributed by atoms with E-state index in [0.717, 1.165) is 23.1 Å². The van der Waals surface area contributed by atoms with E-state index in [1.807, 2.05) is 24.3 Å². The van der Waals surface area contributed by atoms with E-state index in [1.165, 1.54) is 25.7 Å². The molecule has 116 valence electrons. The molecule has 2 nitrogen and oxygen atoms in total. The van der Waals surface area contributed by atoms with Crippen molar-refractivity contribution in [2.24, 2.45) is 5.92 Å². The highest BCUT2D eigenvalue weighted by Crippen LogP contribution is 2.24. The van der Waals surface area contributed by atoms with E-state index in [1.54, 1.807) is 0 Å². The molecule has 1 aliphatic rings. The van der Waals surface area contributed by atoms with Gasteiger partial charge in [0.2, 0.25) is 0 Å². The van der Waals surface area contributed by atoms with Crippen LogP contribution in [0, 0.1) is 5.92 Å². The standard InChI is InChI=1S/C18H26BrNO/c1-14(2)13-20(17-8-3-4-9-17)11-10-18(21)15-6-5-7-16(19)12-15/h5-7,12,14,17H,3-4,8-11,13H2,1-2H3. The fourth-order valence-corrected chi connectivity index (χ4v) is 3.61. The summed E-state index contributed by atoms with van der Waals surface area (Å²) in [6.45, 7) is 6.53. The van der Waals surface area contributed by atoms with Gasteiger partial charge in [-0.1, -0.05) is 54.8 Å². The van der Waals surface area contributed by atoms with Crippen LogP contribution in [0.1, 0.15) is 56.3 Å². The van der Waals surface area contributed by atoms with Crippen LogP contribution in [-0.4, -0.2) is 29.8 Å². The van der Waals surface area contributed by atoms with Crippen LogP contribution in [-0.2, 0) is 0 Å². The van der Waals surface area contributed by atoms with Gasteiger partial charge >= 0.3 is 0 Å². The summed E-state index contributed by atoms with van der Waals surface area (Å²) in [6.07, 6.45) is 5.92. The predicted octanol–water partition coefficient (Wildman–Crippen LogP) is 4.92. The first kappa shape index (κ1) is 16.7. The van der Waals surface area contributed by atoms with Crippen LogP contribution in [0.15, 0.2) is 28.7 Å². The Morgan fingerprint density at radius 3 is 2.67 bits per heavy atom. The second-order valence-electron chi connectivity index (χ2n) is 6.51. The summed E-state index contributed by atoms with van der Waals surface area (Å²) in [6, 6.07) is 8.42. The van der Waals surface area contributed by atoms with Crippen molar-refractivity contribution in [3.8, 4) is 0 Å². The first-order chi connectivity index (χ1) is 10.1. The zero-order valence-corrected chi connectivity index (χ0v) is 14.7. The lowest BCUT2D eigenvalue weighted by Crippen LogP contribution is -2.37. The minimum atomic E-state index is 0.253. The second kappa shape index (κ2) is 8.09. The van der Waals surface area contributed by atoms with Crippen LogP contribution >= 0.6 is 15.9 Å². The Morgan fingerprint density at radius 1 is 1.33 bits per heavy atom. The smallest absolute Gasteiger partial charge is 0.164 e. The number of carbonyl (C=O) groups is 1. The molecule has 0 aliphatic heterocycles. The van der Waals surface area contributed by atoms with Crippen LogP contribution in [0.4, 0.5) is 0 Å². The summed E-state index contributed by atoms with van der Waals surface area (Å²) < 4.78 is 0.975. The summed E-state index contributed by atoms with van der Waals surface area (Å²) in [4.78, 5) is 14.9. The topological polar surface area (TPSA) is 20.3 Å². The lowest BCUT2D eigenvalue weighted by molar-refractivity contribution is 0.0942. The minimum Gasteiger partial charge on any atom is -0.300 e. The van der Waals surface area contributed by atoms with Gasteiger partial charge in [0.1, 0.15) is 0 Å². The molecule has 3 heteroatoms. The molecule has 21 heavy (non-hydrogen) atoms. The van der Waals surface area contributed by atoms with E-state index in [4.69, 9.17) is 0 Å². The van der Waals surface area contributed by atoms with Crippen molar-refractivity contribution in [2.45, 2.75) is 52.0 Å². The number of nitrogens with zero attached hydrogens (tertiary/aromatic N) is 1. The van der Waals surface area contributed by atoms with E-state index in [-0.39, 0.29) is 5.78 Å². The average Bonchev–Trinajstić information content (AvgIpc) is 2.96. The molecule has 0 radical (unpaired) electrons. The van der Waals surface area contributed by atoms with Gasteiger partial charge in [-0.05, 0) is 30.9 Å². The van der Waals surface area contributed by atoms with Gasteiger partial charge in [-0.25, -0.2) is 0 Å². The lowest BCUT2D eigenvalue weighted by Gasteiger charge is -2.30. The number of hydrogen-bond donors (Lipinski definition) is 0. The van der Waals surface area contributed by atoms with Crippen LogP contribution in [0.3, 0.4) is 0 Å². The number of rotatable bonds is 7. The summed E-state index contributed by atoms with van der Waals surface area (Å²) in [5.74, 6) is 0.912. The van der Waals surface area contributed by atoms with Crippen LogP contribution in [0.5, 0.6) is 0 Å². The number of carbonyl (C=O) groups excluding carboxylic acids is 1. The number of Topliss-reactive ketones (excluding diaryl/α,β-unsaturated/α-hetero) is 1. The molecule has 0 saturated heterocycles. The number of halogens is 1. The molecule has 0 amide bonds. The van der Waals surface area contributed by atoms with E-state index in [9.17, 15) is 4.79 Å². The maximum absolute atomic E-state index is 12.4. The van der Waals surface area contributed by atoms with Crippen molar-refractivity contribution < 1.29 is 4.79 Å². The van der Waals surface area contributed by atoms with Gasteiger partial charge in [0, 0.05) is 35.6 Å². The number of hydrogen-bond acceptors (Lipinski definition) is 2. The maximum Gasteiger partial charge on any atom is 0.164 e. The minimum absolute atomic E-state index is 0.253. The van der Waals surface area contributed by atoms with Gasteiger partial charge in [0.05, 0.1) is 0 Å². The number of ketones is 1. The monoisotopic (exact) mass is 351 g/mol. The maximum atomic E-state index is 12.4. The molecule has 0 aromatic heterocycles. The zero-order chi connectivity index (χ0) is 15.2. The SMILES string of the molecule is CC(C)CN(CCC(=O)c1cccc(Br)c1)C1CCCC1. The lowest BCUT2D eigenvalue weighted by atomic mass is 10.1. The molecule has 0 spiro atoms. The molecule has 1 aromatic carbocycles. The molecule has 0 heterocycles. The molecule has 0 atom stereocenters. The molecule has 1 aliphatic carbocycles. The first-order valence-corrected chi connectivity index (χ1v) is 8.88. The Balaban J connectivity index is 1.92. The molecule has 0 unspecified atom stereocenters. The summed E-state index contributed by atoms with van der Waals surface area (Å²) in [5.41, 5.74) is 0.820. The van der Waals surface area contributed by atoms with Crippen LogP contribution in [0.25, 0.3) is 0 Å². The normalized spacial score (nSPS) is 16.0. The molecule has 1 fully saturated rings. The fourth-order valence-electron chi connectivity index (χ4n) is 3.21. The first-order valence-electron chi connectivity index (χ1n) is 8.09. The Labute approximate surface area is 137 Å². The Bertz CT molecular complexity index is 466. The molecule has 1 aromatic rings. The van der Waals surface area contributed by atoms with Crippen molar-refractivity contribution in [3.63, 3.8) is 0 Å². The second-order valence-corrected chi connectivity index (χ2v) is 7.43. The fraction of sp³-hybridized carbons (Fsp3) is 0.611. The van der Waals surface area contributed by atoms with Gasteiger partial charge in [-0.3, -0.25) is 9.69 Å². The largest absolute Gasteiger partial charge is 0.300 e. The van der Waals surface area contributed by atoms with Crippen molar-refractivity contribution in [2.75, 3.05) is 13.1 Å². The molecule has 1 saturated carbocycles. The van der Waals surface area contributed by atoms with Crippen molar-refractivity contribution in [1.82, 2.24) is 4.90 Å². The highest BCUT2D eigenvalue weighted by atomic mass is 79.9. The Kier molecular flexibility index (Phi) is 6.43. The summed E-state index contributed by atoms with van der Waals surface area (Å²) in [7, 11) is 0. The van der Waals surface area contributed by atoms with Gasteiger partial charge in [-0.2, -0.15) is 0 Å². The summed E-state index contributed by atoms with van der Waals surface area (Å²) >= 11 is 3.43. The van der Waals surface area contributed by atoms with Crippen molar-refractivity contribution in [1.29, 1.82) is 0 Å². The third kappa shape index (κ3) is 5.23. The van der Waals surface area contributed by atoms with Crippen LogP contribution < -0.4 is 0 Å². The van der Waals surface area contributed by atoms with Crippen molar-refractivity contribution >= 4 is 21.7 Å². The van der Waals surface area contributed by atoms with E-state index < -0.39 is 0 Å². The van der Waals surface area contributed by atoms with Gasteiger partial charge in [-0.15, -0.1) is 0 Å². The molecular formula is C18H26BrNO. The summed E-state index contributed by atoms with van der Waals surface area (Å²) in [5, 5.41) is 0. The van der Waals surface area contributed by atoms with Gasteiger partial charge < -0.3 is 0 Å². The predicted molar refractivity (Wildman–Crippen MR) is 91.8 cm³/mol. The zero-order valence-electron chi connectivity index (χ0n) is 13.1. The van der Waals surface area contributed by atoms with E-state index in [2.05, 4.69) is 34.7 Å². The van der Waals surface area contributed by atoms with Gasteiger partial charge in [0.25, 0.3) is 0 Å². The molecule has 0 bridgehead atoms. The highest BCUT2D eigenvalue weighted by molar-refractivity contribution is 9.10. The van der Waals surface area contributed by atoms with Crippen LogP contribution in [0.2, 0.25) is 0 Å². The molecule has 2 rings (SSSR count).